The maximum absolute atomic E-state index is 13.4. The molecule has 6 nitrogen and oxygen atoms in total. The fourth-order valence-corrected chi connectivity index (χ4v) is 4.95. The largest absolute Gasteiger partial charge is 0.389 e. The molecule has 0 bridgehead atoms. The lowest BCUT2D eigenvalue weighted by Crippen LogP contribution is -2.43. The highest BCUT2D eigenvalue weighted by atomic mass is 19.1. The number of benzene rings is 1. The number of halogens is 1. The minimum Gasteiger partial charge on any atom is -0.389 e. The zero-order valence-electron chi connectivity index (χ0n) is 19.1. The van der Waals surface area contributed by atoms with Gasteiger partial charge in [0.15, 0.2) is 0 Å². The molecule has 0 radical (unpaired) electrons. The number of anilines is 1. The monoisotopic (exact) mass is 440 g/mol. The molecule has 1 aromatic heterocycles. The molecule has 0 atom stereocenters. The molecule has 0 spiro atoms. The molecule has 2 aliphatic rings. The molecule has 0 unspecified atom stereocenters. The third kappa shape index (κ3) is 5.09. The normalized spacial score (nSPS) is 19.1. The van der Waals surface area contributed by atoms with Gasteiger partial charge in [-0.2, -0.15) is 0 Å². The number of nitrogens with zero attached hydrogens (tertiary/aromatic N) is 4. The average Bonchev–Trinajstić information content (AvgIpc) is 2.79. The Morgan fingerprint density at radius 1 is 1.16 bits per heavy atom. The molecule has 1 aliphatic carbocycles. The van der Waals surface area contributed by atoms with E-state index < -0.39 is 5.60 Å². The number of hydrogen-bond donors (Lipinski definition) is 1. The number of rotatable bonds is 5. The Balaban J connectivity index is 1.49. The molecule has 32 heavy (non-hydrogen) atoms. The smallest absolute Gasteiger partial charge is 0.225 e. The van der Waals surface area contributed by atoms with Gasteiger partial charge in [0.2, 0.25) is 11.9 Å². The van der Waals surface area contributed by atoms with Gasteiger partial charge >= 0.3 is 0 Å². The van der Waals surface area contributed by atoms with Gasteiger partial charge in [-0.1, -0.05) is 31.4 Å². The van der Waals surface area contributed by atoms with Crippen molar-refractivity contribution >= 4 is 11.9 Å². The summed E-state index contributed by atoms with van der Waals surface area (Å²) in [6.07, 6.45) is 8.27. The summed E-state index contributed by atoms with van der Waals surface area (Å²) in [5, 5.41) is 10.8. The summed E-state index contributed by atoms with van der Waals surface area (Å²) in [7, 11) is 3.82. The Labute approximate surface area is 189 Å². The molecule has 1 saturated heterocycles. The van der Waals surface area contributed by atoms with Gasteiger partial charge in [-0.15, -0.1) is 0 Å². The summed E-state index contributed by atoms with van der Waals surface area (Å²) < 4.78 is 13.4. The molecule has 1 N–H and O–H groups in total. The lowest BCUT2D eigenvalue weighted by molar-refractivity contribution is -0.138. The Kier molecular flexibility index (Phi) is 6.74. The number of aliphatic hydroxyl groups is 1. The van der Waals surface area contributed by atoms with Crippen LogP contribution in [-0.2, 0) is 4.79 Å². The number of hydrogen-bond acceptors (Lipinski definition) is 5. The number of amides is 1. The number of aromatic nitrogens is 2. The predicted molar refractivity (Wildman–Crippen MR) is 123 cm³/mol. The highest BCUT2D eigenvalue weighted by Crippen LogP contribution is 2.36. The van der Waals surface area contributed by atoms with Crippen molar-refractivity contribution in [1.29, 1.82) is 0 Å². The summed E-state index contributed by atoms with van der Waals surface area (Å²) in [4.78, 5) is 26.0. The molecule has 1 saturated carbocycles. The summed E-state index contributed by atoms with van der Waals surface area (Å²) in [6.45, 7) is 1.31. The van der Waals surface area contributed by atoms with E-state index in [0.29, 0.717) is 19.0 Å². The molecule has 2 aromatic rings. The molecule has 7 heteroatoms. The first-order valence-electron chi connectivity index (χ1n) is 11.6. The Bertz CT molecular complexity index is 933. The van der Waals surface area contributed by atoms with Crippen LogP contribution < -0.4 is 4.90 Å². The van der Waals surface area contributed by atoms with Gasteiger partial charge in [-0.05, 0) is 43.4 Å². The van der Waals surface area contributed by atoms with Crippen molar-refractivity contribution in [1.82, 2.24) is 14.9 Å². The van der Waals surface area contributed by atoms with E-state index in [-0.39, 0.29) is 24.1 Å². The first-order chi connectivity index (χ1) is 15.3. The van der Waals surface area contributed by atoms with Crippen molar-refractivity contribution in [2.75, 3.05) is 32.1 Å². The number of piperidine rings is 1. The van der Waals surface area contributed by atoms with E-state index >= 15 is 0 Å². The SMILES string of the molecule is CN(C)c1ncc(-c2ccc(F)cc2)c(C2CCN(C(=O)CC3(O)CCCCC3)CC2)n1. The second kappa shape index (κ2) is 9.53. The number of carbonyl (C=O) groups is 1. The van der Waals surface area contributed by atoms with Crippen LogP contribution >= 0.6 is 0 Å². The Hall–Kier alpha value is -2.54. The lowest BCUT2D eigenvalue weighted by atomic mass is 9.82. The topological polar surface area (TPSA) is 69.6 Å². The van der Waals surface area contributed by atoms with E-state index in [1.165, 1.54) is 12.1 Å². The van der Waals surface area contributed by atoms with Crippen molar-refractivity contribution in [3.8, 4) is 11.1 Å². The third-order valence-electron chi connectivity index (χ3n) is 6.86. The third-order valence-corrected chi connectivity index (χ3v) is 6.86. The molecule has 2 fully saturated rings. The Morgan fingerprint density at radius 3 is 2.44 bits per heavy atom. The molecule has 1 aliphatic heterocycles. The van der Waals surface area contributed by atoms with Crippen molar-refractivity contribution in [3.63, 3.8) is 0 Å². The maximum Gasteiger partial charge on any atom is 0.225 e. The van der Waals surface area contributed by atoms with Crippen molar-refractivity contribution in [2.45, 2.75) is 62.9 Å². The van der Waals surface area contributed by atoms with Gasteiger partial charge in [0.25, 0.3) is 0 Å². The van der Waals surface area contributed by atoms with Crippen LogP contribution in [-0.4, -0.2) is 58.7 Å². The van der Waals surface area contributed by atoms with Crippen molar-refractivity contribution in [3.05, 3.63) is 42.0 Å². The fourth-order valence-electron chi connectivity index (χ4n) is 4.95. The highest BCUT2D eigenvalue weighted by Gasteiger charge is 2.35. The van der Waals surface area contributed by atoms with Crippen LogP contribution in [0.25, 0.3) is 11.1 Å². The molecule has 4 rings (SSSR count). The van der Waals surface area contributed by atoms with E-state index in [9.17, 15) is 14.3 Å². The summed E-state index contributed by atoms with van der Waals surface area (Å²) >= 11 is 0. The second-order valence-electron chi connectivity index (χ2n) is 9.49. The summed E-state index contributed by atoms with van der Waals surface area (Å²) in [5.41, 5.74) is 1.94. The van der Waals surface area contributed by atoms with E-state index in [4.69, 9.17) is 4.98 Å². The standard InChI is InChI=1S/C25H33FN4O2/c1-29(2)24-27-17-21(18-6-8-20(26)9-7-18)23(28-24)19-10-14-30(15-11-19)22(31)16-25(32)12-4-3-5-13-25/h6-9,17,19,32H,3-5,10-16H2,1-2H3. The van der Waals surface area contributed by atoms with Crippen LogP contribution in [0.15, 0.2) is 30.5 Å². The minimum absolute atomic E-state index is 0.0586. The minimum atomic E-state index is -0.824. The van der Waals surface area contributed by atoms with Crippen molar-refractivity contribution < 1.29 is 14.3 Å². The van der Waals surface area contributed by atoms with E-state index in [1.807, 2.05) is 30.1 Å². The molecule has 172 valence electrons. The first kappa shape index (κ1) is 22.6. The summed E-state index contributed by atoms with van der Waals surface area (Å²) in [5.74, 6) is 0.623. The van der Waals surface area contributed by atoms with E-state index in [2.05, 4.69) is 4.98 Å². The predicted octanol–water partition coefficient (Wildman–Crippen LogP) is 4.14. The van der Waals surface area contributed by atoms with Gasteiger partial charge in [0.05, 0.1) is 17.7 Å². The molecule has 1 amide bonds. The molecule has 2 heterocycles. The second-order valence-corrected chi connectivity index (χ2v) is 9.49. The van der Waals surface area contributed by atoms with Crippen LogP contribution in [0.4, 0.5) is 10.3 Å². The van der Waals surface area contributed by atoms with E-state index in [0.717, 1.165) is 61.8 Å². The van der Waals surface area contributed by atoms with Crippen molar-refractivity contribution in [2.24, 2.45) is 0 Å². The van der Waals surface area contributed by atoms with Gasteiger partial charge in [-0.3, -0.25) is 4.79 Å². The average molecular weight is 441 g/mol. The van der Waals surface area contributed by atoms with Gasteiger partial charge in [0.1, 0.15) is 5.82 Å². The Morgan fingerprint density at radius 2 is 1.81 bits per heavy atom. The van der Waals surface area contributed by atoms with Gasteiger partial charge in [-0.25, -0.2) is 14.4 Å². The number of carbonyl (C=O) groups excluding carboxylic acids is 1. The number of likely N-dealkylation sites (tertiary alicyclic amines) is 1. The van der Waals surface area contributed by atoms with Crippen LogP contribution in [0.2, 0.25) is 0 Å². The van der Waals surface area contributed by atoms with Gasteiger partial charge < -0.3 is 14.9 Å². The van der Waals surface area contributed by atoms with Crippen LogP contribution in [0.1, 0.15) is 63.0 Å². The molecule has 1 aromatic carbocycles. The molecular weight excluding hydrogens is 407 g/mol. The quantitative estimate of drug-likeness (QED) is 0.757. The summed E-state index contributed by atoms with van der Waals surface area (Å²) in [6, 6.07) is 6.43. The van der Waals surface area contributed by atoms with Crippen LogP contribution in [0.3, 0.4) is 0 Å². The maximum atomic E-state index is 13.4. The highest BCUT2D eigenvalue weighted by molar-refractivity contribution is 5.77. The van der Waals surface area contributed by atoms with Gasteiger partial charge in [0, 0.05) is 44.9 Å². The first-order valence-corrected chi connectivity index (χ1v) is 11.6. The zero-order chi connectivity index (χ0) is 22.7. The fraction of sp³-hybridized carbons (Fsp3) is 0.560. The zero-order valence-corrected chi connectivity index (χ0v) is 19.1. The molecular formula is C25H33FN4O2. The van der Waals surface area contributed by atoms with Crippen LogP contribution in [0, 0.1) is 5.82 Å². The van der Waals surface area contributed by atoms with E-state index in [1.54, 1.807) is 12.1 Å². The van der Waals surface area contributed by atoms with Crippen LogP contribution in [0.5, 0.6) is 0 Å². The lowest BCUT2D eigenvalue weighted by Gasteiger charge is -2.36.